The van der Waals surface area contributed by atoms with Crippen LogP contribution in [0.5, 0.6) is 0 Å². The Labute approximate surface area is 120 Å². The van der Waals surface area contributed by atoms with Gasteiger partial charge < -0.3 is 5.32 Å². The molecule has 2 nitrogen and oxygen atoms in total. The molecule has 2 aromatic carbocycles. The fraction of sp³-hybridized carbons (Fsp3) is 0.133. The maximum Gasteiger partial charge on any atom is 0.143 e. The fourth-order valence-corrected chi connectivity index (χ4v) is 2.15. The lowest BCUT2D eigenvalue weighted by atomic mass is 10.1. The van der Waals surface area contributed by atoms with Crippen molar-refractivity contribution in [1.82, 2.24) is 0 Å². The smallest absolute Gasteiger partial charge is 0.143 e. The summed E-state index contributed by atoms with van der Waals surface area (Å²) in [5.41, 5.74) is 2.22. The summed E-state index contributed by atoms with van der Waals surface area (Å²) in [6.45, 7) is 1.97. The van der Waals surface area contributed by atoms with E-state index in [2.05, 4.69) is 27.3 Å². The summed E-state index contributed by atoms with van der Waals surface area (Å²) in [7, 11) is 0. The Balaban J connectivity index is 2.28. The summed E-state index contributed by atoms with van der Waals surface area (Å²) < 4.78 is 14.5. The molecule has 4 heteroatoms. The number of rotatable bonds is 3. The van der Waals surface area contributed by atoms with E-state index in [1.165, 1.54) is 6.07 Å². The van der Waals surface area contributed by atoms with Gasteiger partial charge in [0.15, 0.2) is 0 Å². The highest BCUT2D eigenvalue weighted by Gasteiger charge is 2.15. The van der Waals surface area contributed by atoms with Gasteiger partial charge in [-0.3, -0.25) is 0 Å². The van der Waals surface area contributed by atoms with Crippen LogP contribution in [0.3, 0.4) is 0 Å². The molecule has 0 aromatic heterocycles. The first-order valence-corrected chi connectivity index (χ1v) is 6.57. The van der Waals surface area contributed by atoms with Crippen LogP contribution in [-0.2, 0) is 0 Å². The van der Waals surface area contributed by atoms with Gasteiger partial charge in [0.1, 0.15) is 11.9 Å². The van der Waals surface area contributed by atoms with E-state index in [-0.39, 0.29) is 0 Å². The molecule has 0 heterocycles. The van der Waals surface area contributed by atoms with Gasteiger partial charge in [-0.1, -0.05) is 34.1 Å². The molecule has 1 atom stereocenters. The molecule has 96 valence electrons. The van der Waals surface area contributed by atoms with Crippen molar-refractivity contribution in [2.45, 2.75) is 13.0 Å². The largest absolute Gasteiger partial charge is 0.366 e. The van der Waals surface area contributed by atoms with Crippen molar-refractivity contribution in [2.75, 3.05) is 5.32 Å². The Morgan fingerprint density at radius 1 is 1.26 bits per heavy atom. The molecule has 0 aliphatic carbocycles. The van der Waals surface area contributed by atoms with Gasteiger partial charge >= 0.3 is 0 Å². The number of anilines is 1. The van der Waals surface area contributed by atoms with Crippen LogP contribution in [0.1, 0.15) is 17.2 Å². The van der Waals surface area contributed by atoms with Crippen molar-refractivity contribution in [3.63, 3.8) is 0 Å². The van der Waals surface area contributed by atoms with Crippen molar-refractivity contribution in [2.24, 2.45) is 0 Å². The fourth-order valence-electron chi connectivity index (χ4n) is 1.82. The number of benzene rings is 2. The minimum atomic E-state index is -0.713. The minimum Gasteiger partial charge on any atom is -0.366 e. The van der Waals surface area contributed by atoms with E-state index < -0.39 is 11.9 Å². The van der Waals surface area contributed by atoms with Gasteiger partial charge in [-0.25, -0.2) is 4.39 Å². The third kappa shape index (κ3) is 3.33. The van der Waals surface area contributed by atoms with E-state index in [0.717, 1.165) is 11.3 Å². The topological polar surface area (TPSA) is 35.8 Å². The Morgan fingerprint density at radius 3 is 2.68 bits per heavy atom. The van der Waals surface area contributed by atoms with E-state index in [1.807, 2.05) is 31.2 Å². The van der Waals surface area contributed by atoms with Crippen molar-refractivity contribution in [1.29, 1.82) is 5.26 Å². The lowest BCUT2D eigenvalue weighted by Crippen LogP contribution is -2.10. The van der Waals surface area contributed by atoms with Crippen molar-refractivity contribution in [3.8, 4) is 6.07 Å². The summed E-state index contributed by atoms with van der Waals surface area (Å²) in [5.74, 6) is -0.402. The number of hydrogen-bond acceptors (Lipinski definition) is 2. The number of halogens is 2. The average molecular weight is 319 g/mol. The van der Waals surface area contributed by atoms with E-state index >= 15 is 0 Å². The maximum atomic E-state index is 13.8. The van der Waals surface area contributed by atoms with Gasteiger partial charge in [-0.15, -0.1) is 0 Å². The van der Waals surface area contributed by atoms with Gasteiger partial charge in [0, 0.05) is 15.7 Å². The van der Waals surface area contributed by atoms with Crippen LogP contribution < -0.4 is 5.32 Å². The predicted octanol–water partition coefficient (Wildman–Crippen LogP) is 4.57. The van der Waals surface area contributed by atoms with E-state index in [1.54, 1.807) is 12.1 Å². The summed E-state index contributed by atoms with van der Waals surface area (Å²) >= 11 is 3.20. The van der Waals surface area contributed by atoms with Crippen LogP contribution in [0, 0.1) is 24.1 Å². The Kier molecular flexibility index (Phi) is 4.18. The maximum absolute atomic E-state index is 13.8. The highest BCUT2D eigenvalue weighted by molar-refractivity contribution is 9.10. The summed E-state index contributed by atoms with van der Waals surface area (Å²) in [4.78, 5) is 0. The minimum absolute atomic E-state index is 0.340. The zero-order valence-electron chi connectivity index (χ0n) is 10.3. The first kappa shape index (κ1) is 13.6. The lowest BCUT2D eigenvalue weighted by Gasteiger charge is -2.14. The second kappa shape index (κ2) is 5.85. The van der Waals surface area contributed by atoms with Gasteiger partial charge in [0.2, 0.25) is 0 Å². The Bertz CT molecular complexity index is 634. The first-order chi connectivity index (χ1) is 9.10. The molecule has 0 aliphatic rings. The molecule has 19 heavy (non-hydrogen) atoms. The lowest BCUT2D eigenvalue weighted by molar-refractivity contribution is 0.606. The monoisotopic (exact) mass is 318 g/mol. The summed E-state index contributed by atoms with van der Waals surface area (Å²) in [6, 6.07) is 13.7. The van der Waals surface area contributed by atoms with Crippen molar-refractivity contribution in [3.05, 3.63) is 63.9 Å². The normalized spacial score (nSPS) is 11.7. The molecule has 0 aliphatic heterocycles. The van der Waals surface area contributed by atoms with Crippen molar-refractivity contribution < 1.29 is 4.39 Å². The molecule has 0 spiro atoms. The molecule has 2 aromatic rings. The third-order valence-electron chi connectivity index (χ3n) is 2.73. The van der Waals surface area contributed by atoms with Crippen LogP contribution in [0.15, 0.2) is 46.9 Å². The van der Waals surface area contributed by atoms with Crippen molar-refractivity contribution >= 4 is 21.6 Å². The molecular formula is C15H12BrFN2. The Morgan fingerprint density at radius 2 is 2.05 bits per heavy atom. The molecule has 2 rings (SSSR count). The van der Waals surface area contributed by atoms with Gasteiger partial charge in [0.05, 0.1) is 6.07 Å². The zero-order valence-corrected chi connectivity index (χ0v) is 11.9. The molecule has 0 radical (unpaired) electrons. The van der Waals surface area contributed by atoms with Gasteiger partial charge in [0.25, 0.3) is 0 Å². The van der Waals surface area contributed by atoms with E-state index in [4.69, 9.17) is 0 Å². The van der Waals surface area contributed by atoms with E-state index in [0.29, 0.717) is 10.0 Å². The highest BCUT2D eigenvalue weighted by Crippen LogP contribution is 2.24. The number of aryl methyl sites for hydroxylation is 1. The molecule has 0 saturated heterocycles. The molecule has 1 N–H and O–H groups in total. The number of nitrogens with one attached hydrogen (secondary N) is 1. The number of nitriles is 1. The zero-order chi connectivity index (χ0) is 13.8. The summed E-state index contributed by atoms with van der Waals surface area (Å²) in [6.07, 6.45) is 0. The predicted molar refractivity (Wildman–Crippen MR) is 77.3 cm³/mol. The Hall–Kier alpha value is -1.86. The molecule has 0 saturated carbocycles. The quantitative estimate of drug-likeness (QED) is 0.899. The third-order valence-corrected chi connectivity index (χ3v) is 3.22. The molecule has 0 fully saturated rings. The number of hydrogen-bond donors (Lipinski definition) is 1. The second-order valence-electron chi connectivity index (χ2n) is 4.24. The van der Waals surface area contributed by atoms with Crippen LogP contribution in [-0.4, -0.2) is 0 Å². The first-order valence-electron chi connectivity index (χ1n) is 5.78. The molecular weight excluding hydrogens is 307 g/mol. The molecule has 1 unspecified atom stereocenters. The SMILES string of the molecule is Cc1cccc(NC(C#N)c2ccc(Br)cc2F)c1. The molecule has 0 bridgehead atoms. The average Bonchev–Trinajstić information content (AvgIpc) is 2.37. The number of nitrogens with zero attached hydrogens (tertiary/aromatic N) is 1. The van der Waals surface area contributed by atoms with Crippen LogP contribution in [0.2, 0.25) is 0 Å². The highest BCUT2D eigenvalue weighted by atomic mass is 79.9. The second-order valence-corrected chi connectivity index (χ2v) is 5.16. The van der Waals surface area contributed by atoms with E-state index in [9.17, 15) is 9.65 Å². The van der Waals surface area contributed by atoms with Crippen LogP contribution >= 0.6 is 15.9 Å². The van der Waals surface area contributed by atoms with Gasteiger partial charge in [-0.05, 0) is 36.8 Å². The molecule has 0 amide bonds. The summed E-state index contributed by atoms with van der Waals surface area (Å²) in [5, 5.41) is 12.2. The van der Waals surface area contributed by atoms with Crippen LogP contribution in [0.4, 0.5) is 10.1 Å². The standard InChI is InChI=1S/C15H12BrFN2/c1-10-3-2-4-12(7-10)19-15(9-18)13-6-5-11(16)8-14(13)17/h2-8,15,19H,1H3. The van der Waals surface area contributed by atoms with Crippen LogP contribution in [0.25, 0.3) is 0 Å². The van der Waals surface area contributed by atoms with Gasteiger partial charge in [-0.2, -0.15) is 5.26 Å².